The van der Waals surface area contributed by atoms with Crippen molar-refractivity contribution in [1.29, 1.82) is 0 Å². The van der Waals surface area contributed by atoms with Crippen LogP contribution < -0.4 is 11.3 Å². The largest absolute Gasteiger partial charge is 0.394 e. The minimum absolute atomic E-state index is 0.0233. The summed E-state index contributed by atoms with van der Waals surface area (Å²) in [5.74, 6) is -0.439. The van der Waals surface area contributed by atoms with E-state index < -0.39 is 11.4 Å². The average molecular weight is 289 g/mol. The van der Waals surface area contributed by atoms with Gasteiger partial charge in [0.15, 0.2) is 0 Å². The van der Waals surface area contributed by atoms with Crippen LogP contribution in [0, 0.1) is 5.82 Å². The zero-order chi connectivity index (χ0) is 14.3. The van der Waals surface area contributed by atoms with Crippen LogP contribution in [0.3, 0.4) is 0 Å². The Bertz CT molecular complexity index is 873. The molecule has 0 aliphatic heterocycles. The molecule has 0 bridgehead atoms. The van der Waals surface area contributed by atoms with Crippen LogP contribution in [0.25, 0.3) is 22.0 Å². The molecule has 100 valence electrons. The highest BCUT2D eigenvalue weighted by Gasteiger charge is 2.15. The molecule has 1 aromatic heterocycles. The number of rotatable bonds is 1. The first-order valence-electron chi connectivity index (χ1n) is 5.94. The third-order valence-corrected chi connectivity index (χ3v) is 3.39. The molecular weight excluding hydrogens is 279 g/mol. The third kappa shape index (κ3) is 1.94. The molecule has 3 nitrogen and oxygen atoms in total. The zero-order valence-electron chi connectivity index (χ0n) is 10.3. The molecular formula is C15H10ClFN2O. The van der Waals surface area contributed by atoms with Crippen LogP contribution in [-0.4, -0.2) is 4.98 Å². The number of aromatic nitrogens is 1. The summed E-state index contributed by atoms with van der Waals surface area (Å²) in [5, 5.41) is 1.10. The highest BCUT2D eigenvalue weighted by atomic mass is 35.5. The highest BCUT2D eigenvalue weighted by molar-refractivity contribution is 6.31. The number of anilines is 1. The van der Waals surface area contributed by atoms with Gasteiger partial charge in [-0.15, -0.1) is 0 Å². The molecule has 0 saturated carbocycles. The van der Waals surface area contributed by atoms with Gasteiger partial charge in [-0.3, -0.25) is 4.79 Å². The van der Waals surface area contributed by atoms with Crippen LogP contribution in [0.1, 0.15) is 0 Å². The van der Waals surface area contributed by atoms with Crippen molar-refractivity contribution in [3.05, 3.63) is 63.7 Å². The Labute approximate surface area is 118 Å². The van der Waals surface area contributed by atoms with Crippen LogP contribution in [0.2, 0.25) is 5.02 Å². The number of aromatic amines is 1. The van der Waals surface area contributed by atoms with Crippen LogP contribution in [0.5, 0.6) is 0 Å². The van der Waals surface area contributed by atoms with E-state index in [9.17, 15) is 9.18 Å². The second-order valence-corrected chi connectivity index (χ2v) is 4.85. The van der Waals surface area contributed by atoms with Crippen LogP contribution in [-0.2, 0) is 0 Å². The van der Waals surface area contributed by atoms with E-state index in [-0.39, 0.29) is 11.3 Å². The van der Waals surface area contributed by atoms with Crippen molar-refractivity contribution < 1.29 is 4.39 Å². The number of fused-ring (bicyclic) bond motifs is 1. The Morgan fingerprint density at radius 2 is 1.90 bits per heavy atom. The topological polar surface area (TPSA) is 58.9 Å². The summed E-state index contributed by atoms with van der Waals surface area (Å²) in [6, 6.07) is 11.2. The van der Waals surface area contributed by atoms with Gasteiger partial charge >= 0.3 is 0 Å². The predicted molar refractivity (Wildman–Crippen MR) is 79.4 cm³/mol. The lowest BCUT2D eigenvalue weighted by Gasteiger charge is -2.11. The lowest BCUT2D eigenvalue weighted by Crippen LogP contribution is -2.13. The Morgan fingerprint density at radius 1 is 1.15 bits per heavy atom. The van der Waals surface area contributed by atoms with Crippen molar-refractivity contribution in [2.24, 2.45) is 0 Å². The first-order chi connectivity index (χ1) is 9.58. The van der Waals surface area contributed by atoms with Crippen molar-refractivity contribution in [3.63, 3.8) is 0 Å². The molecule has 5 heteroatoms. The van der Waals surface area contributed by atoms with Gasteiger partial charge in [0.25, 0.3) is 5.56 Å². The Morgan fingerprint density at radius 3 is 2.65 bits per heavy atom. The van der Waals surface area contributed by atoms with E-state index in [4.69, 9.17) is 17.3 Å². The molecule has 3 rings (SSSR count). The Hall–Kier alpha value is -2.33. The molecule has 0 aliphatic carbocycles. The Balaban J connectivity index is 2.51. The summed E-state index contributed by atoms with van der Waals surface area (Å²) in [5.41, 5.74) is 6.58. The van der Waals surface area contributed by atoms with Gasteiger partial charge in [-0.25, -0.2) is 4.39 Å². The molecule has 0 unspecified atom stereocenters. The molecule has 2 aromatic carbocycles. The normalized spacial score (nSPS) is 10.9. The van der Waals surface area contributed by atoms with Crippen molar-refractivity contribution in [2.45, 2.75) is 0 Å². The molecule has 0 saturated heterocycles. The standard InChI is InChI=1S/C15H10ClFN2O/c16-8-5-6-12-10(7-8)13(14(18)15(20)19-12)9-3-1-2-4-11(9)17/h1-7H,18H2,(H,19,20). The summed E-state index contributed by atoms with van der Waals surface area (Å²) in [6.45, 7) is 0. The fourth-order valence-corrected chi connectivity index (χ4v) is 2.41. The number of nitrogen functional groups attached to an aromatic ring is 1. The van der Waals surface area contributed by atoms with Crippen LogP contribution >= 0.6 is 11.6 Å². The first-order valence-corrected chi connectivity index (χ1v) is 6.31. The van der Waals surface area contributed by atoms with Gasteiger partial charge < -0.3 is 10.7 Å². The van der Waals surface area contributed by atoms with E-state index in [1.165, 1.54) is 6.07 Å². The van der Waals surface area contributed by atoms with E-state index >= 15 is 0 Å². The molecule has 1 heterocycles. The fraction of sp³-hybridized carbons (Fsp3) is 0. The van der Waals surface area contributed by atoms with Gasteiger partial charge in [-0.05, 0) is 24.3 Å². The quantitative estimate of drug-likeness (QED) is 0.719. The minimum atomic E-state index is -0.446. The molecule has 0 fully saturated rings. The van der Waals surface area contributed by atoms with Crippen molar-refractivity contribution in [1.82, 2.24) is 4.98 Å². The van der Waals surface area contributed by atoms with Gasteiger partial charge in [0, 0.05) is 27.1 Å². The molecule has 0 radical (unpaired) electrons. The number of H-pyrrole nitrogens is 1. The lowest BCUT2D eigenvalue weighted by atomic mass is 9.99. The summed E-state index contributed by atoms with van der Waals surface area (Å²) >= 11 is 5.98. The predicted octanol–water partition coefficient (Wildman–Crippen LogP) is 3.57. The maximum absolute atomic E-state index is 14.0. The van der Waals surface area contributed by atoms with Crippen molar-refractivity contribution >= 4 is 28.2 Å². The minimum Gasteiger partial charge on any atom is -0.394 e. The zero-order valence-corrected chi connectivity index (χ0v) is 11.0. The fourth-order valence-electron chi connectivity index (χ4n) is 2.23. The third-order valence-electron chi connectivity index (χ3n) is 3.16. The summed E-state index contributed by atoms with van der Waals surface area (Å²) in [7, 11) is 0. The number of nitrogens with two attached hydrogens (primary N) is 1. The van der Waals surface area contributed by atoms with Crippen molar-refractivity contribution in [2.75, 3.05) is 5.73 Å². The molecule has 0 atom stereocenters. The maximum atomic E-state index is 14.0. The van der Waals surface area contributed by atoms with E-state index in [0.29, 0.717) is 21.5 Å². The van der Waals surface area contributed by atoms with Crippen LogP contribution in [0.15, 0.2) is 47.3 Å². The average Bonchev–Trinajstić information content (AvgIpc) is 2.42. The Kier molecular flexibility index (Phi) is 2.95. The number of pyridine rings is 1. The summed E-state index contributed by atoms with van der Waals surface area (Å²) in [6.07, 6.45) is 0. The van der Waals surface area contributed by atoms with Gasteiger partial charge in [-0.1, -0.05) is 29.8 Å². The van der Waals surface area contributed by atoms with E-state index in [0.717, 1.165) is 0 Å². The molecule has 20 heavy (non-hydrogen) atoms. The van der Waals surface area contributed by atoms with Crippen molar-refractivity contribution in [3.8, 4) is 11.1 Å². The summed E-state index contributed by atoms with van der Waals surface area (Å²) in [4.78, 5) is 14.5. The SMILES string of the molecule is Nc1c(-c2ccccc2F)c2cc(Cl)ccc2[nH]c1=O. The van der Waals surface area contributed by atoms with E-state index in [2.05, 4.69) is 4.98 Å². The molecule has 0 amide bonds. The number of hydrogen-bond acceptors (Lipinski definition) is 2. The highest BCUT2D eigenvalue weighted by Crippen LogP contribution is 2.33. The van der Waals surface area contributed by atoms with E-state index in [1.807, 2.05) is 0 Å². The second kappa shape index (κ2) is 4.65. The number of hydrogen-bond donors (Lipinski definition) is 2. The monoisotopic (exact) mass is 288 g/mol. The van der Waals surface area contributed by atoms with Gasteiger partial charge in [0.2, 0.25) is 0 Å². The second-order valence-electron chi connectivity index (χ2n) is 4.41. The first kappa shape index (κ1) is 12.7. The van der Waals surface area contributed by atoms with Crippen LogP contribution in [0.4, 0.5) is 10.1 Å². The molecule has 0 spiro atoms. The number of benzene rings is 2. The van der Waals surface area contributed by atoms with Gasteiger partial charge in [0.05, 0.1) is 0 Å². The maximum Gasteiger partial charge on any atom is 0.272 e. The molecule has 3 N–H and O–H groups in total. The molecule has 0 aliphatic rings. The number of halogens is 2. The number of nitrogens with one attached hydrogen (secondary N) is 1. The van der Waals surface area contributed by atoms with Gasteiger partial charge in [-0.2, -0.15) is 0 Å². The van der Waals surface area contributed by atoms with Gasteiger partial charge in [0.1, 0.15) is 11.5 Å². The van der Waals surface area contributed by atoms with E-state index in [1.54, 1.807) is 36.4 Å². The summed E-state index contributed by atoms with van der Waals surface area (Å²) < 4.78 is 14.0. The lowest BCUT2D eigenvalue weighted by molar-refractivity contribution is 0.631. The smallest absolute Gasteiger partial charge is 0.272 e. The molecule has 3 aromatic rings.